The maximum Gasteiger partial charge on any atom is 0.166 e. The van der Waals surface area contributed by atoms with Gasteiger partial charge in [0, 0.05) is 16.5 Å². The first kappa shape index (κ1) is 23.6. The average molecular weight is 457 g/mol. The average Bonchev–Trinajstić information content (AvgIpc) is 2.85. The van der Waals surface area contributed by atoms with Crippen molar-refractivity contribution in [2.24, 2.45) is 0 Å². The Labute approximate surface area is 199 Å². The van der Waals surface area contributed by atoms with Gasteiger partial charge in [-0.05, 0) is 84.2 Å². The molecule has 0 saturated heterocycles. The van der Waals surface area contributed by atoms with Gasteiger partial charge in [0.15, 0.2) is 11.6 Å². The summed E-state index contributed by atoms with van der Waals surface area (Å²) in [7, 11) is 0. The van der Waals surface area contributed by atoms with E-state index in [2.05, 4.69) is 18.8 Å². The largest absolute Gasteiger partial charge is 0.207 e. The van der Waals surface area contributed by atoms with Crippen LogP contribution in [0.1, 0.15) is 54.0 Å². The van der Waals surface area contributed by atoms with E-state index in [9.17, 15) is 13.2 Å². The van der Waals surface area contributed by atoms with E-state index in [4.69, 9.17) is 0 Å². The van der Waals surface area contributed by atoms with Crippen LogP contribution in [0.2, 0.25) is 0 Å². The minimum atomic E-state index is -0.853. The fraction of sp³-hybridized carbons (Fsp3) is 0.226. The molecule has 0 heterocycles. The summed E-state index contributed by atoms with van der Waals surface area (Å²) in [5, 5.41) is 0.861. The minimum Gasteiger partial charge on any atom is -0.207 e. The molecule has 0 aliphatic carbocycles. The van der Waals surface area contributed by atoms with Crippen molar-refractivity contribution in [2.45, 2.75) is 45.4 Å². The van der Waals surface area contributed by atoms with Crippen molar-refractivity contribution in [3.05, 3.63) is 118 Å². The van der Waals surface area contributed by atoms with E-state index < -0.39 is 11.6 Å². The van der Waals surface area contributed by atoms with Gasteiger partial charge >= 0.3 is 0 Å². The van der Waals surface area contributed by atoms with Gasteiger partial charge in [0.1, 0.15) is 5.82 Å². The molecular weight excluding hydrogens is 429 g/mol. The molecule has 4 aromatic rings. The predicted octanol–water partition coefficient (Wildman–Crippen LogP) is 8.17. The van der Waals surface area contributed by atoms with Crippen LogP contribution in [0.25, 0.3) is 10.8 Å². The van der Waals surface area contributed by atoms with Crippen LogP contribution in [0, 0.1) is 29.3 Å². The summed E-state index contributed by atoms with van der Waals surface area (Å²) in [6.45, 7) is 2.17. The lowest BCUT2D eigenvalue weighted by molar-refractivity contribution is 0.517. The first-order valence-corrected chi connectivity index (χ1v) is 11.8. The molecule has 0 atom stereocenters. The first-order chi connectivity index (χ1) is 16.5. The summed E-state index contributed by atoms with van der Waals surface area (Å²) < 4.78 is 41.7. The molecule has 0 aliphatic heterocycles. The van der Waals surface area contributed by atoms with Crippen molar-refractivity contribution >= 4 is 10.8 Å². The van der Waals surface area contributed by atoms with Gasteiger partial charge in [0.05, 0.1) is 0 Å². The molecule has 3 heteroatoms. The molecule has 34 heavy (non-hydrogen) atoms. The third kappa shape index (κ3) is 5.88. The molecule has 0 aromatic heterocycles. The van der Waals surface area contributed by atoms with Crippen molar-refractivity contribution in [3.8, 4) is 11.8 Å². The number of hydrogen-bond donors (Lipinski definition) is 0. The van der Waals surface area contributed by atoms with Crippen LogP contribution in [0.5, 0.6) is 0 Å². The highest BCUT2D eigenvalue weighted by Gasteiger charge is 2.07. The van der Waals surface area contributed by atoms with Crippen LogP contribution in [0.15, 0.2) is 72.8 Å². The van der Waals surface area contributed by atoms with Crippen LogP contribution in [0.3, 0.4) is 0 Å². The second kappa shape index (κ2) is 11.1. The number of aryl methyl sites for hydroxylation is 3. The number of halogens is 3. The van der Waals surface area contributed by atoms with E-state index in [1.54, 1.807) is 30.3 Å². The van der Waals surface area contributed by atoms with E-state index in [1.807, 2.05) is 36.4 Å². The van der Waals surface area contributed by atoms with Crippen LogP contribution < -0.4 is 0 Å². The maximum absolute atomic E-state index is 14.5. The Balaban J connectivity index is 1.37. The molecule has 0 unspecified atom stereocenters. The number of hydrogen-bond acceptors (Lipinski definition) is 0. The lowest BCUT2D eigenvalue weighted by Crippen LogP contribution is -1.97. The van der Waals surface area contributed by atoms with Crippen LogP contribution in [0.4, 0.5) is 13.2 Å². The van der Waals surface area contributed by atoms with Crippen molar-refractivity contribution in [3.63, 3.8) is 0 Å². The molecule has 0 spiro atoms. The van der Waals surface area contributed by atoms with Gasteiger partial charge in [-0.15, -0.1) is 0 Å². The maximum atomic E-state index is 14.5. The topological polar surface area (TPSA) is 0 Å². The molecule has 0 N–H and O–H groups in total. The molecule has 172 valence electrons. The van der Waals surface area contributed by atoms with Gasteiger partial charge in [-0.1, -0.05) is 68.0 Å². The van der Waals surface area contributed by atoms with Gasteiger partial charge in [-0.2, -0.15) is 0 Å². The summed E-state index contributed by atoms with van der Waals surface area (Å²) >= 11 is 0. The quantitative estimate of drug-likeness (QED) is 0.194. The zero-order chi connectivity index (χ0) is 23.9. The molecule has 0 fully saturated rings. The van der Waals surface area contributed by atoms with Gasteiger partial charge in [-0.3, -0.25) is 0 Å². The highest BCUT2D eigenvalue weighted by Crippen LogP contribution is 2.21. The van der Waals surface area contributed by atoms with Gasteiger partial charge < -0.3 is 0 Å². The molecule has 0 saturated carbocycles. The summed E-state index contributed by atoms with van der Waals surface area (Å²) in [5.74, 6) is 4.38. The van der Waals surface area contributed by atoms with Crippen LogP contribution in [-0.2, 0) is 19.3 Å². The molecule has 4 aromatic carbocycles. The van der Waals surface area contributed by atoms with E-state index in [0.29, 0.717) is 11.8 Å². The predicted molar refractivity (Wildman–Crippen MR) is 133 cm³/mol. The Morgan fingerprint density at radius 1 is 0.618 bits per heavy atom. The van der Waals surface area contributed by atoms with E-state index in [1.165, 1.54) is 6.42 Å². The molecule has 0 bridgehead atoms. The lowest BCUT2D eigenvalue weighted by Gasteiger charge is -2.07. The van der Waals surface area contributed by atoms with Crippen LogP contribution >= 0.6 is 0 Å². The molecule has 0 aliphatic rings. The van der Waals surface area contributed by atoms with Crippen LogP contribution in [-0.4, -0.2) is 0 Å². The third-order valence-corrected chi connectivity index (χ3v) is 6.08. The Bertz CT molecular complexity index is 1340. The number of unbranched alkanes of at least 4 members (excludes halogenated alkanes) is 2. The SMILES string of the molecule is CCCCCc1ccc(CCc2ccc(C#Cc3ccc4c(F)c(F)ccc4c3)cc2)c(F)c1. The Kier molecular flexibility index (Phi) is 7.70. The zero-order valence-corrected chi connectivity index (χ0v) is 19.3. The number of rotatable bonds is 7. The fourth-order valence-corrected chi connectivity index (χ4v) is 4.05. The first-order valence-electron chi connectivity index (χ1n) is 11.8. The highest BCUT2D eigenvalue weighted by molar-refractivity contribution is 5.84. The lowest BCUT2D eigenvalue weighted by atomic mass is 10.00. The molecule has 0 amide bonds. The second-order valence-electron chi connectivity index (χ2n) is 8.63. The molecule has 4 rings (SSSR count). The summed E-state index contributed by atoms with van der Waals surface area (Å²) in [5.41, 5.74) is 4.53. The monoisotopic (exact) mass is 456 g/mol. The second-order valence-corrected chi connectivity index (χ2v) is 8.63. The summed E-state index contributed by atoms with van der Waals surface area (Å²) in [6, 6.07) is 21.2. The van der Waals surface area contributed by atoms with E-state index in [0.717, 1.165) is 59.6 Å². The van der Waals surface area contributed by atoms with E-state index in [-0.39, 0.29) is 11.2 Å². The Hall–Kier alpha value is -3.51. The van der Waals surface area contributed by atoms with Crippen molar-refractivity contribution in [1.82, 2.24) is 0 Å². The zero-order valence-electron chi connectivity index (χ0n) is 19.3. The molecular formula is C31H27F3. The normalized spacial score (nSPS) is 10.8. The van der Waals surface area contributed by atoms with Crippen molar-refractivity contribution in [1.29, 1.82) is 0 Å². The number of benzene rings is 4. The summed E-state index contributed by atoms with van der Waals surface area (Å²) in [6.07, 6.45) is 5.78. The van der Waals surface area contributed by atoms with Gasteiger partial charge in [0.25, 0.3) is 0 Å². The standard InChI is InChI=1S/C31H27F3/c1-2-3-4-5-24-13-16-26(30(33)21-24)15-12-23-8-6-22(7-9-23)10-11-25-14-18-28-27(20-25)17-19-29(32)31(28)34/h6-9,13-14,16-21H,2-5,12,15H2,1H3. The highest BCUT2D eigenvalue weighted by atomic mass is 19.2. The van der Waals surface area contributed by atoms with E-state index >= 15 is 0 Å². The smallest absolute Gasteiger partial charge is 0.166 e. The van der Waals surface area contributed by atoms with Crippen molar-refractivity contribution in [2.75, 3.05) is 0 Å². The fourth-order valence-electron chi connectivity index (χ4n) is 4.05. The molecule has 0 radical (unpaired) electrons. The van der Waals surface area contributed by atoms with Gasteiger partial charge in [-0.25, -0.2) is 13.2 Å². The summed E-state index contributed by atoms with van der Waals surface area (Å²) in [4.78, 5) is 0. The van der Waals surface area contributed by atoms with Gasteiger partial charge in [0.2, 0.25) is 0 Å². The number of fused-ring (bicyclic) bond motifs is 1. The third-order valence-electron chi connectivity index (χ3n) is 6.08. The minimum absolute atomic E-state index is 0.116. The van der Waals surface area contributed by atoms with Crippen molar-refractivity contribution < 1.29 is 13.2 Å². The Morgan fingerprint density at radius 3 is 2.12 bits per heavy atom. The molecule has 0 nitrogen and oxygen atoms in total. The Morgan fingerprint density at radius 2 is 1.35 bits per heavy atom.